The van der Waals surface area contributed by atoms with Gasteiger partial charge < -0.3 is 9.80 Å². The number of hydrogen-bond acceptors (Lipinski definition) is 4. The topological polar surface area (TPSA) is 69.3 Å². The molecule has 1 amide bonds. The zero-order chi connectivity index (χ0) is 19.2. The van der Waals surface area contributed by atoms with Gasteiger partial charge in [-0.3, -0.25) is 9.59 Å². The third kappa shape index (κ3) is 3.22. The maximum Gasteiger partial charge on any atom is 0.274 e. The van der Waals surface area contributed by atoms with E-state index < -0.39 is 0 Å². The highest BCUT2D eigenvalue weighted by Gasteiger charge is 2.48. The molecule has 1 aromatic heterocycles. The summed E-state index contributed by atoms with van der Waals surface area (Å²) in [6.45, 7) is 5.60. The molecular weight excluding hydrogens is 347 g/mol. The fourth-order valence-electron chi connectivity index (χ4n) is 4.73. The minimum absolute atomic E-state index is 0.113. The number of H-pyrrole nitrogens is 1. The number of carbonyl (C=O) groups is 1. The third-order valence-electron chi connectivity index (χ3n) is 5.71. The summed E-state index contributed by atoms with van der Waals surface area (Å²) in [6.07, 6.45) is 1.75. The highest BCUT2D eigenvalue weighted by molar-refractivity contribution is 5.92. The Morgan fingerprint density at radius 1 is 1.30 bits per heavy atom. The first-order valence-electron chi connectivity index (χ1n) is 9.25. The van der Waals surface area contributed by atoms with Gasteiger partial charge in [0.15, 0.2) is 0 Å². The van der Waals surface area contributed by atoms with Crippen LogP contribution in [0.15, 0.2) is 41.2 Å². The smallest absolute Gasteiger partial charge is 0.274 e. The van der Waals surface area contributed by atoms with Gasteiger partial charge in [0.25, 0.3) is 11.5 Å². The summed E-state index contributed by atoms with van der Waals surface area (Å²) in [5.74, 6) is -0.0843. The second-order valence-electron chi connectivity index (χ2n) is 8.04. The first kappa shape index (κ1) is 17.7. The molecule has 6 nitrogen and oxygen atoms in total. The fraction of sp³-hybridized carbons (Fsp3) is 0.450. The van der Waals surface area contributed by atoms with Crippen LogP contribution in [-0.2, 0) is 0 Å². The Kier molecular flexibility index (Phi) is 4.25. The Labute approximate surface area is 157 Å². The van der Waals surface area contributed by atoms with Gasteiger partial charge in [-0.2, -0.15) is 5.10 Å². The normalized spacial score (nSPS) is 24.0. The summed E-state index contributed by atoms with van der Waals surface area (Å²) >= 11 is 0. The van der Waals surface area contributed by atoms with E-state index in [4.69, 9.17) is 0 Å². The van der Waals surface area contributed by atoms with Crippen LogP contribution in [0.4, 0.5) is 10.1 Å². The Morgan fingerprint density at radius 2 is 2.11 bits per heavy atom. The number of hydrogen-bond donors (Lipinski definition) is 1. The van der Waals surface area contributed by atoms with Gasteiger partial charge in [0.05, 0.1) is 0 Å². The number of halogens is 1. The second-order valence-corrected chi connectivity index (χ2v) is 8.04. The van der Waals surface area contributed by atoms with Crippen molar-refractivity contribution in [3.8, 4) is 0 Å². The lowest BCUT2D eigenvalue weighted by Crippen LogP contribution is -2.50. The minimum Gasteiger partial charge on any atom is -0.363 e. The number of nitrogens with one attached hydrogen (secondary N) is 1. The average molecular weight is 370 g/mol. The second kappa shape index (κ2) is 6.48. The predicted molar refractivity (Wildman–Crippen MR) is 100 cm³/mol. The van der Waals surface area contributed by atoms with Crippen LogP contribution >= 0.6 is 0 Å². The monoisotopic (exact) mass is 370 g/mol. The van der Waals surface area contributed by atoms with Crippen LogP contribution in [0, 0.1) is 11.7 Å². The third-order valence-corrected chi connectivity index (χ3v) is 5.71. The van der Waals surface area contributed by atoms with Crippen molar-refractivity contribution >= 4 is 11.6 Å². The summed E-state index contributed by atoms with van der Waals surface area (Å²) in [5, 5.41) is 6.18. The van der Waals surface area contributed by atoms with Gasteiger partial charge in [-0.1, -0.05) is 6.07 Å². The number of piperidine rings is 1. The van der Waals surface area contributed by atoms with E-state index in [0.29, 0.717) is 19.0 Å². The SMILES string of the molecule is CC1(C)C[C@@H]2CN(C(=O)c3ccc(=O)[nH]n3)CC[C@@H]2N1c1cccc(F)c1. The molecule has 142 valence electrons. The van der Waals surface area contributed by atoms with Crippen molar-refractivity contribution in [3.05, 3.63) is 58.3 Å². The molecule has 0 unspecified atom stereocenters. The van der Waals surface area contributed by atoms with Crippen molar-refractivity contribution in [3.63, 3.8) is 0 Å². The molecule has 1 N–H and O–H groups in total. The quantitative estimate of drug-likeness (QED) is 0.882. The van der Waals surface area contributed by atoms with Crippen molar-refractivity contribution < 1.29 is 9.18 Å². The zero-order valence-corrected chi connectivity index (χ0v) is 15.5. The van der Waals surface area contributed by atoms with Crippen LogP contribution < -0.4 is 10.5 Å². The molecule has 0 aliphatic carbocycles. The number of fused-ring (bicyclic) bond motifs is 1. The number of anilines is 1. The van der Waals surface area contributed by atoms with E-state index in [9.17, 15) is 14.0 Å². The number of carbonyl (C=O) groups excluding carboxylic acids is 1. The number of likely N-dealkylation sites (tertiary alicyclic amines) is 1. The standard InChI is InChI=1S/C20H23FN4O2/c1-20(2)11-13-12-24(19(27)16-6-7-18(26)23-22-16)9-8-17(13)25(20)15-5-3-4-14(21)10-15/h3-7,10,13,17H,8-9,11-12H2,1-2H3,(H,23,26)/t13-,17+/m1/s1. The highest BCUT2D eigenvalue weighted by Crippen LogP contribution is 2.44. The van der Waals surface area contributed by atoms with E-state index in [0.717, 1.165) is 18.5 Å². The maximum absolute atomic E-state index is 13.8. The Balaban J connectivity index is 1.55. The summed E-state index contributed by atoms with van der Waals surface area (Å²) in [4.78, 5) is 28.0. The van der Waals surface area contributed by atoms with Crippen molar-refractivity contribution in [1.29, 1.82) is 0 Å². The molecule has 27 heavy (non-hydrogen) atoms. The lowest BCUT2D eigenvalue weighted by Gasteiger charge is -2.41. The van der Waals surface area contributed by atoms with Gasteiger partial charge in [0.1, 0.15) is 11.5 Å². The van der Waals surface area contributed by atoms with Gasteiger partial charge in [-0.05, 0) is 56.9 Å². The van der Waals surface area contributed by atoms with Crippen molar-refractivity contribution in [1.82, 2.24) is 15.1 Å². The molecular formula is C20H23FN4O2. The Bertz CT molecular complexity index is 906. The number of amides is 1. The molecule has 0 radical (unpaired) electrons. The lowest BCUT2D eigenvalue weighted by atomic mass is 9.89. The molecule has 2 saturated heterocycles. The van der Waals surface area contributed by atoms with E-state index >= 15 is 0 Å². The van der Waals surface area contributed by atoms with E-state index in [1.807, 2.05) is 11.0 Å². The molecule has 2 aliphatic heterocycles. The molecule has 2 aromatic rings. The van der Waals surface area contributed by atoms with Crippen LogP contribution in [0.3, 0.4) is 0 Å². The van der Waals surface area contributed by atoms with E-state index in [2.05, 4.69) is 28.9 Å². The van der Waals surface area contributed by atoms with Gasteiger partial charge >= 0.3 is 0 Å². The highest BCUT2D eigenvalue weighted by atomic mass is 19.1. The van der Waals surface area contributed by atoms with Crippen LogP contribution in [0.2, 0.25) is 0 Å². The molecule has 7 heteroatoms. The molecule has 3 heterocycles. The molecule has 1 aromatic carbocycles. The van der Waals surface area contributed by atoms with E-state index in [1.165, 1.54) is 18.2 Å². The minimum atomic E-state index is -0.325. The molecule has 2 atom stereocenters. The summed E-state index contributed by atoms with van der Waals surface area (Å²) < 4.78 is 13.8. The summed E-state index contributed by atoms with van der Waals surface area (Å²) in [7, 11) is 0. The fourth-order valence-corrected chi connectivity index (χ4v) is 4.73. The lowest BCUT2D eigenvalue weighted by molar-refractivity contribution is 0.0660. The molecule has 4 rings (SSSR count). The molecule has 0 saturated carbocycles. The summed E-state index contributed by atoms with van der Waals surface area (Å²) in [6, 6.07) is 9.80. The molecule has 2 aliphatic rings. The van der Waals surface area contributed by atoms with Crippen LogP contribution in [0.25, 0.3) is 0 Å². The number of aromatic nitrogens is 2. The van der Waals surface area contributed by atoms with Crippen LogP contribution in [-0.4, -0.2) is 45.7 Å². The van der Waals surface area contributed by atoms with Crippen molar-refractivity contribution in [2.75, 3.05) is 18.0 Å². The first-order chi connectivity index (χ1) is 12.8. The Morgan fingerprint density at radius 3 is 2.81 bits per heavy atom. The number of nitrogens with zero attached hydrogens (tertiary/aromatic N) is 3. The average Bonchev–Trinajstić information content (AvgIpc) is 2.90. The molecule has 0 spiro atoms. The van der Waals surface area contributed by atoms with Gasteiger partial charge in [0, 0.05) is 36.4 Å². The number of benzene rings is 1. The summed E-state index contributed by atoms with van der Waals surface area (Å²) in [5.41, 5.74) is 0.716. The van der Waals surface area contributed by atoms with E-state index in [1.54, 1.807) is 12.1 Å². The largest absolute Gasteiger partial charge is 0.363 e. The van der Waals surface area contributed by atoms with E-state index in [-0.39, 0.29) is 34.6 Å². The van der Waals surface area contributed by atoms with Crippen molar-refractivity contribution in [2.45, 2.75) is 38.3 Å². The van der Waals surface area contributed by atoms with Gasteiger partial charge in [-0.15, -0.1) is 0 Å². The molecule has 2 fully saturated rings. The first-order valence-corrected chi connectivity index (χ1v) is 9.25. The van der Waals surface area contributed by atoms with Crippen LogP contribution in [0.5, 0.6) is 0 Å². The maximum atomic E-state index is 13.8. The van der Waals surface area contributed by atoms with Gasteiger partial charge in [-0.25, -0.2) is 9.49 Å². The van der Waals surface area contributed by atoms with Gasteiger partial charge in [0.2, 0.25) is 0 Å². The zero-order valence-electron chi connectivity index (χ0n) is 15.5. The van der Waals surface area contributed by atoms with Crippen LogP contribution in [0.1, 0.15) is 37.2 Å². The van der Waals surface area contributed by atoms with Crippen molar-refractivity contribution in [2.24, 2.45) is 5.92 Å². The molecule has 0 bridgehead atoms. The Hall–Kier alpha value is -2.70. The number of aromatic amines is 1. The predicted octanol–water partition coefficient (Wildman–Crippen LogP) is 2.43. The number of rotatable bonds is 2.